The second-order valence-electron chi connectivity index (χ2n) is 6.28. The Morgan fingerprint density at radius 3 is 2.71 bits per heavy atom. The summed E-state index contributed by atoms with van der Waals surface area (Å²) in [5.41, 5.74) is 2.32. The number of nitrogens with zero attached hydrogens (tertiary/aromatic N) is 3. The summed E-state index contributed by atoms with van der Waals surface area (Å²) in [5, 5.41) is 3.32. The lowest BCUT2D eigenvalue weighted by Gasteiger charge is -2.02. The average molecular weight is 392 g/mol. The van der Waals surface area contributed by atoms with Crippen molar-refractivity contribution < 1.29 is 9.18 Å². The van der Waals surface area contributed by atoms with Gasteiger partial charge >= 0.3 is 0 Å². The number of imidazole rings is 1. The van der Waals surface area contributed by atoms with Crippen LogP contribution in [0.4, 0.5) is 9.52 Å². The summed E-state index contributed by atoms with van der Waals surface area (Å²) in [6.45, 7) is 0. The Labute approximate surface area is 165 Å². The third-order valence-electron chi connectivity index (χ3n) is 4.20. The van der Waals surface area contributed by atoms with E-state index in [0.29, 0.717) is 10.7 Å². The monoisotopic (exact) mass is 392 g/mol. The molecule has 0 bridgehead atoms. The van der Waals surface area contributed by atoms with Gasteiger partial charge in [0.25, 0.3) is 0 Å². The number of benzene rings is 2. The van der Waals surface area contributed by atoms with E-state index in [1.54, 1.807) is 18.3 Å². The van der Waals surface area contributed by atoms with Gasteiger partial charge in [-0.3, -0.25) is 4.79 Å². The highest BCUT2D eigenvalue weighted by Crippen LogP contribution is 2.38. The lowest BCUT2D eigenvalue weighted by Crippen LogP contribution is -2.14. The first-order chi connectivity index (χ1) is 13.6. The Kier molecular flexibility index (Phi) is 4.99. The first kappa shape index (κ1) is 18.1. The van der Waals surface area contributed by atoms with Gasteiger partial charge in [-0.15, -0.1) is 0 Å². The number of anilines is 1. The van der Waals surface area contributed by atoms with E-state index >= 15 is 0 Å². The van der Waals surface area contributed by atoms with Gasteiger partial charge in [0.15, 0.2) is 11.0 Å². The van der Waals surface area contributed by atoms with Crippen molar-refractivity contribution in [2.45, 2.75) is 6.42 Å². The average Bonchev–Trinajstić information content (AvgIpc) is 3.28. The second kappa shape index (κ2) is 7.74. The van der Waals surface area contributed by atoms with Crippen molar-refractivity contribution in [3.8, 4) is 22.0 Å². The number of carbonyl (C=O) groups is 1. The fourth-order valence-electron chi connectivity index (χ4n) is 2.90. The largest absolute Gasteiger partial charge is 0.333 e. The minimum absolute atomic E-state index is 0.0791. The highest BCUT2D eigenvalue weighted by molar-refractivity contribution is 7.19. The highest BCUT2D eigenvalue weighted by Gasteiger charge is 2.19. The van der Waals surface area contributed by atoms with Crippen molar-refractivity contribution >= 4 is 22.4 Å². The van der Waals surface area contributed by atoms with Crippen LogP contribution in [0.15, 0.2) is 67.0 Å². The summed E-state index contributed by atoms with van der Waals surface area (Å²) in [6.07, 6.45) is 3.67. The highest BCUT2D eigenvalue weighted by atomic mass is 32.1. The van der Waals surface area contributed by atoms with Gasteiger partial charge < -0.3 is 9.88 Å². The molecule has 1 amide bonds. The van der Waals surface area contributed by atoms with Crippen molar-refractivity contribution in [1.82, 2.24) is 14.5 Å². The Bertz CT molecular complexity index is 1120. The topological polar surface area (TPSA) is 59.8 Å². The van der Waals surface area contributed by atoms with Crippen LogP contribution in [0.5, 0.6) is 0 Å². The van der Waals surface area contributed by atoms with Crippen molar-refractivity contribution in [3.63, 3.8) is 0 Å². The second-order valence-corrected chi connectivity index (χ2v) is 7.28. The zero-order valence-corrected chi connectivity index (χ0v) is 15.9. The third-order valence-corrected chi connectivity index (χ3v) is 5.17. The van der Waals surface area contributed by atoms with Crippen LogP contribution < -0.4 is 5.32 Å². The summed E-state index contributed by atoms with van der Waals surface area (Å²) in [7, 11) is 1.92. The van der Waals surface area contributed by atoms with Crippen molar-refractivity contribution in [2.75, 3.05) is 5.32 Å². The summed E-state index contributed by atoms with van der Waals surface area (Å²) < 4.78 is 15.2. The Hall–Kier alpha value is -3.32. The van der Waals surface area contributed by atoms with Gasteiger partial charge in [0.2, 0.25) is 5.91 Å². The first-order valence-corrected chi connectivity index (χ1v) is 9.50. The number of amides is 1. The van der Waals surface area contributed by atoms with Crippen LogP contribution in [0.25, 0.3) is 22.0 Å². The van der Waals surface area contributed by atoms with Crippen LogP contribution in [0.3, 0.4) is 0 Å². The number of hydrogen-bond acceptors (Lipinski definition) is 4. The molecule has 4 rings (SSSR count). The molecular weight excluding hydrogens is 375 g/mol. The number of rotatable bonds is 5. The molecule has 0 spiro atoms. The van der Waals surface area contributed by atoms with Gasteiger partial charge in [0.1, 0.15) is 5.82 Å². The molecule has 2 heterocycles. The van der Waals surface area contributed by atoms with Gasteiger partial charge in [0.05, 0.1) is 17.0 Å². The van der Waals surface area contributed by atoms with E-state index in [0.717, 1.165) is 22.0 Å². The molecule has 0 saturated carbocycles. The quantitative estimate of drug-likeness (QED) is 0.543. The molecule has 0 radical (unpaired) electrons. The van der Waals surface area contributed by atoms with Crippen molar-refractivity contribution in [1.29, 1.82) is 0 Å². The van der Waals surface area contributed by atoms with Crippen molar-refractivity contribution in [2.24, 2.45) is 7.05 Å². The van der Waals surface area contributed by atoms with Gasteiger partial charge in [-0.2, -0.15) is 0 Å². The van der Waals surface area contributed by atoms with E-state index in [9.17, 15) is 9.18 Å². The predicted octanol–water partition coefficient (Wildman–Crippen LogP) is 4.53. The predicted molar refractivity (Wildman–Crippen MR) is 108 cm³/mol. The molecule has 7 heteroatoms. The maximum Gasteiger partial charge on any atom is 0.230 e. The minimum atomic E-state index is -0.358. The molecule has 0 saturated heterocycles. The zero-order chi connectivity index (χ0) is 19.5. The standard InChI is InChI=1S/C21H17FN4OS/c1-26-11-10-23-20(26)19-18(15-7-3-2-4-8-15)25-21(28-19)24-17(27)13-14-6-5-9-16(22)12-14/h2-12H,13H2,1H3,(H,24,25,27). The maximum atomic E-state index is 13.3. The van der Waals surface area contributed by atoms with Crippen LogP contribution in [0, 0.1) is 5.82 Å². The number of carbonyl (C=O) groups excluding carboxylic acids is 1. The number of thiazole rings is 1. The maximum absolute atomic E-state index is 13.3. The van der Waals surface area contributed by atoms with Gasteiger partial charge in [-0.1, -0.05) is 53.8 Å². The van der Waals surface area contributed by atoms with Crippen LogP contribution >= 0.6 is 11.3 Å². The van der Waals surface area contributed by atoms with Crippen LogP contribution in [-0.4, -0.2) is 20.4 Å². The Balaban J connectivity index is 1.64. The van der Waals surface area contributed by atoms with Crippen LogP contribution in [0.2, 0.25) is 0 Å². The molecule has 0 aliphatic carbocycles. The summed E-state index contributed by atoms with van der Waals surface area (Å²) >= 11 is 1.37. The van der Waals surface area contributed by atoms with Gasteiger partial charge in [-0.05, 0) is 17.7 Å². The molecule has 2 aromatic carbocycles. The molecule has 0 aliphatic heterocycles. The summed E-state index contributed by atoms with van der Waals surface area (Å²) in [5.74, 6) is 0.176. The summed E-state index contributed by atoms with van der Waals surface area (Å²) in [6, 6.07) is 15.8. The van der Waals surface area contributed by atoms with E-state index in [1.165, 1.54) is 23.5 Å². The molecule has 0 aliphatic rings. The van der Waals surface area contributed by atoms with Gasteiger partial charge in [-0.25, -0.2) is 14.4 Å². The van der Waals surface area contributed by atoms with E-state index in [2.05, 4.69) is 15.3 Å². The normalized spacial score (nSPS) is 10.8. The molecule has 1 N–H and O–H groups in total. The molecule has 4 aromatic rings. The number of hydrogen-bond donors (Lipinski definition) is 1. The number of aromatic nitrogens is 3. The molecule has 28 heavy (non-hydrogen) atoms. The van der Waals surface area contributed by atoms with E-state index in [1.807, 2.05) is 48.1 Å². The third kappa shape index (κ3) is 3.84. The fraction of sp³-hybridized carbons (Fsp3) is 0.0952. The molecule has 5 nitrogen and oxygen atoms in total. The lowest BCUT2D eigenvalue weighted by molar-refractivity contribution is -0.115. The van der Waals surface area contributed by atoms with E-state index in [4.69, 9.17) is 0 Å². The first-order valence-electron chi connectivity index (χ1n) is 8.68. The molecule has 0 fully saturated rings. The van der Waals surface area contributed by atoms with Crippen molar-refractivity contribution in [3.05, 3.63) is 78.4 Å². The summed E-state index contributed by atoms with van der Waals surface area (Å²) in [4.78, 5) is 22.3. The fourth-order valence-corrected chi connectivity index (χ4v) is 3.94. The minimum Gasteiger partial charge on any atom is -0.333 e. The van der Waals surface area contributed by atoms with E-state index < -0.39 is 0 Å². The zero-order valence-electron chi connectivity index (χ0n) is 15.1. The molecule has 0 unspecified atom stereocenters. The van der Waals surface area contributed by atoms with E-state index in [-0.39, 0.29) is 18.1 Å². The molecular formula is C21H17FN4OS. The number of nitrogens with one attached hydrogen (secondary N) is 1. The lowest BCUT2D eigenvalue weighted by atomic mass is 10.1. The van der Waals surface area contributed by atoms with Crippen LogP contribution in [-0.2, 0) is 18.3 Å². The SMILES string of the molecule is Cn1ccnc1-c1sc(NC(=O)Cc2cccc(F)c2)nc1-c1ccccc1. The molecule has 2 aromatic heterocycles. The Morgan fingerprint density at radius 1 is 1.18 bits per heavy atom. The molecule has 0 atom stereocenters. The van der Waals surface area contributed by atoms with Gasteiger partial charge in [0, 0.05) is 25.0 Å². The molecule has 140 valence electrons. The smallest absolute Gasteiger partial charge is 0.230 e. The number of aryl methyl sites for hydroxylation is 1. The Morgan fingerprint density at radius 2 is 2.00 bits per heavy atom. The number of halogens is 1. The van der Waals surface area contributed by atoms with Crippen LogP contribution in [0.1, 0.15) is 5.56 Å².